The van der Waals surface area contributed by atoms with Gasteiger partial charge in [-0.05, 0) is 24.6 Å². The van der Waals surface area contributed by atoms with Crippen molar-refractivity contribution in [3.8, 4) is 11.3 Å². The van der Waals surface area contributed by atoms with Crippen molar-refractivity contribution in [2.75, 3.05) is 13.1 Å². The molecule has 3 rings (SSSR count). The molecular formula is C20H21N3O3. The van der Waals surface area contributed by atoms with Crippen LogP contribution in [0.25, 0.3) is 22.2 Å². The van der Waals surface area contributed by atoms with Crippen molar-refractivity contribution < 1.29 is 14.1 Å². The van der Waals surface area contributed by atoms with Crippen LogP contribution in [-0.4, -0.2) is 30.1 Å². The average molecular weight is 351 g/mol. The van der Waals surface area contributed by atoms with Crippen LogP contribution >= 0.6 is 0 Å². The first-order valence-corrected chi connectivity index (χ1v) is 8.69. The molecule has 0 bridgehead atoms. The van der Waals surface area contributed by atoms with Gasteiger partial charge < -0.3 is 15.2 Å². The van der Waals surface area contributed by atoms with Gasteiger partial charge in [0.25, 0.3) is 5.91 Å². The maximum atomic E-state index is 12.4. The van der Waals surface area contributed by atoms with Gasteiger partial charge >= 0.3 is 0 Å². The fourth-order valence-electron chi connectivity index (χ4n) is 2.62. The van der Waals surface area contributed by atoms with Gasteiger partial charge in [-0.2, -0.15) is 0 Å². The van der Waals surface area contributed by atoms with Crippen molar-refractivity contribution in [2.45, 2.75) is 19.8 Å². The fourth-order valence-corrected chi connectivity index (χ4v) is 2.62. The molecule has 0 fully saturated rings. The molecule has 2 aromatic carbocycles. The Bertz CT molecular complexity index is 903. The van der Waals surface area contributed by atoms with Crippen molar-refractivity contribution >= 4 is 22.7 Å². The molecule has 0 aliphatic heterocycles. The van der Waals surface area contributed by atoms with E-state index in [1.165, 1.54) is 0 Å². The molecule has 3 aromatic rings. The van der Waals surface area contributed by atoms with Crippen LogP contribution in [0.5, 0.6) is 0 Å². The number of aromatic nitrogens is 1. The van der Waals surface area contributed by atoms with Crippen molar-refractivity contribution in [3.63, 3.8) is 0 Å². The molecule has 0 aliphatic rings. The fraction of sp³-hybridized carbons (Fsp3) is 0.250. The number of carbonyl (C=O) groups is 2. The number of rotatable bonds is 7. The minimum Gasteiger partial charge on any atom is -0.356 e. The lowest BCUT2D eigenvalue weighted by molar-refractivity contribution is -0.120. The van der Waals surface area contributed by atoms with Crippen molar-refractivity contribution in [2.24, 2.45) is 0 Å². The summed E-state index contributed by atoms with van der Waals surface area (Å²) in [5.41, 5.74) is 2.10. The molecule has 0 spiro atoms. The highest BCUT2D eigenvalue weighted by molar-refractivity contribution is 6.01. The molecule has 2 amide bonds. The van der Waals surface area contributed by atoms with Crippen LogP contribution in [-0.2, 0) is 4.79 Å². The standard InChI is InChI=1S/C20H21N3O3/c1-2-11-21-18(24)10-12-22-20(25)15-8-9-17-16(13-15)19(26-23-17)14-6-4-3-5-7-14/h3-9,13H,2,10-12H2,1H3,(H,21,24)(H,22,25). The highest BCUT2D eigenvalue weighted by Crippen LogP contribution is 2.29. The molecular weight excluding hydrogens is 330 g/mol. The van der Waals surface area contributed by atoms with Gasteiger partial charge in [-0.3, -0.25) is 9.59 Å². The monoisotopic (exact) mass is 351 g/mol. The first-order valence-electron chi connectivity index (χ1n) is 8.69. The molecule has 0 atom stereocenters. The van der Waals surface area contributed by atoms with Crippen LogP contribution in [0.2, 0.25) is 0 Å². The van der Waals surface area contributed by atoms with Gasteiger partial charge in [-0.1, -0.05) is 42.4 Å². The molecule has 0 radical (unpaired) electrons. The van der Waals surface area contributed by atoms with E-state index in [0.29, 0.717) is 29.9 Å². The van der Waals surface area contributed by atoms with Crippen molar-refractivity contribution in [1.82, 2.24) is 15.8 Å². The lowest BCUT2D eigenvalue weighted by atomic mass is 10.1. The molecule has 6 nitrogen and oxygen atoms in total. The minimum atomic E-state index is -0.226. The highest BCUT2D eigenvalue weighted by Gasteiger charge is 2.14. The number of amides is 2. The van der Waals surface area contributed by atoms with Crippen LogP contribution in [0.4, 0.5) is 0 Å². The van der Waals surface area contributed by atoms with Gasteiger partial charge in [0.05, 0.1) is 5.39 Å². The lowest BCUT2D eigenvalue weighted by Crippen LogP contribution is -2.31. The number of carbonyl (C=O) groups excluding carboxylic acids is 2. The van der Waals surface area contributed by atoms with E-state index in [9.17, 15) is 9.59 Å². The second-order valence-electron chi connectivity index (χ2n) is 5.97. The summed E-state index contributed by atoms with van der Waals surface area (Å²) in [6, 6.07) is 14.9. The summed E-state index contributed by atoms with van der Waals surface area (Å²) in [5.74, 6) is 0.345. The summed E-state index contributed by atoms with van der Waals surface area (Å²) in [4.78, 5) is 23.9. The predicted molar refractivity (Wildman–Crippen MR) is 99.7 cm³/mol. The second-order valence-corrected chi connectivity index (χ2v) is 5.97. The van der Waals surface area contributed by atoms with Crippen LogP contribution in [0.1, 0.15) is 30.1 Å². The number of fused-ring (bicyclic) bond motifs is 1. The third-order valence-corrected chi connectivity index (χ3v) is 3.98. The molecule has 26 heavy (non-hydrogen) atoms. The van der Waals surface area contributed by atoms with Gasteiger partial charge in [0, 0.05) is 30.6 Å². The Labute approximate surface area is 151 Å². The molecule has 2 N–H and O–H groups in total. The smallest absolute Gasteiger partial charge is 0.251 e. The predicted octanol–water partition coefficient (Wildman–Crippen LogP) is 3.14. The Kier molecular flexibility index (Phi) is 5.63. The van der Waals surface area contributed by atoms with Gasteiger partial charge in [0.15, 0.2) is 5.76 Å². The topological polar surface area (TPSA) is 84.2 Å². The zero-order valence-electron chi connectivity index (χ0n) is 14.6. The van der Waals surface area contributed by atoms with Crippen LogP contribution in [0, 0.1) is 0 Å². The molecule has 0 aliphatic carbocycles. The number of hydrogen-bond donors (Lipinski definition) is 2. The first-order chi connectivity index (χ1) is 12.7. The summed E-state index contributed by atoms with van der Waals surface area (Å²) in [5, 5.41) is 10.4. The number of hydrogen-bond acceptors (Lipinski definition) is 4. The van der Waals surface area contributed by atoms with E-state index in [-0.39, 0.29) is 18.2 Å². The highest BCUT2D eigenvalue weighted by atomic mass is 16.5. The first kappa shape index (κ1) is 17.7. The SMILES string of the molecule is CCCNC(=O)CCNC(=O)c1ccc2noc(-c3ccccc3)c2c1. The maximum absolute atomic E-state index is 12.4. The van der Waals surface area contributed by atoms with Gasteiger partial charge in [-0.15, -0.1) is 0 Å². The van der Waals surface area contributed by atoms with Crippen LogP contribution in [0.3, 0.4) is 0 Å². The van der Waals surface area contributed by atoms with Crippen LogP contribution < -0.4 is 10.6 Å². The average Bonchev–Trinajstić information content (AvgIpc) is 3.10. The van der Waals surface area contributed by atoms with Crippen molar-refractivity contribution in [3.05, 3.63) is 54.1 Å². The van der Waals surface area contributed by atoms with E-state index in [4.69, 9.17) is 4.52 Å². The van der Waals surface area contributed by atoms with E-state index < -0.39 is 0 Å². The zero-order chi connectivity index (χ0) is 18.4. The Hall–Kier alpha value is -3.15. The van der Waals surface area contributed by atoms with E-state index in [1.807, 2.05) is 37.3 Å². The third-order valence-electron chi connectivity index (χ3n) is 3.98. The second kappa shape index (κ2) is 8.29. The molecule has 0 saturated carbocycles. The van der Waals surface area contributed by atoms with Gasteiger partial charge in [0.2, 0.25) is 5.91 Å². The summed E-state index contributed by atoms with van der Waals surface area (Å²) in [6.45, 7) is 2.94. The van der Waals surface area contributed by atoms with Crippen LogP contribution in [0.15, 0.2) is 53.1 Å². The number of nitrogens with one attached hydrogen (secondary N) is 2. The number of benzene rings is 2. The zero-order valence-corrected chi connectivity index (χ0v) is 14.6. The quantitative estimate of drug-likeness (QED) is 0.685. The van der Waals surface area contributed by atoms with E-state index in [0.717, 1.165) is 17.4 Å². The van der Waals surface area contributed by atoms with E-state index >= 15 is 0 Å². The Balaban J connectivity index is 1.70. The Morgan fingerprint density at radius 3 is 2.62 bits per heavy atom. The minimum absolute atomic E-state index is 0.0620. The van der Waals surface area contributed by atoms with E-state index in [2.05, 4.69) is 15.8 Å². The molecule has 1 heterocycles. The summed E-state index contributed by atoms with van der Waals surface area (Å²) in [7, 11) is 0. The molecule has 134 valence electrons. The van der Waals surface area contributed by atoms with E-state index in [1.54, 1.807) is 18.2 Å². The van der Waals surface area contributed by atoms with Gasteiger partial charge in [0.1, 0.15) is 5.52 Å². The maximum Gasteiger partial charge on any atom is 0.251 e. The molecule has 0 unspecified atom stereocenters. The Morgan fingerprint density at radius 1 is 1.04 bits per heavy atom. The largest absolute Gasteiger partial charge is 0.356 e. The third kappa shape index (κ3) is 4.08. The summed E-state index contributed by atoms with van der Waals surface area (Å²) >= 11 is 0. The molecule has 0 saturated heterocycles. The molecule has 6 heteroatoms. The van der Waals surface area contributed by atoms with Crippen molar-refractivity contribution in [1.29, 1.82) is 0 Å². The lowest BCUT2D eigenvalue weighted by Gasteiger charge is -2.06. The summed E-state index contributed by atoms with van der Waals surface area (Å²) < 4.78 is 5.45. The molecule has 1 aromatic heterocycles. The summed E-state index contributed by atoms with van der Waals surface area (Å²) in [6.07, 6.45) is 1.15. The number of nitrogens with zero attached hydrogens (tertiary/aromatic N) is 1. The normalized spacial score (nSPS) is 10.7. The van der Waals surface area contributed by atoms with Gasteiger partial charge in [-0.25, -0.2) is 0 Å². The Morgan fingerprint density at radius 2 is 1.85 bits per heavy atom.